The summed E-state index contributed by atoms with van der Waals surface area (Å²) in [7, 11) is 0. The second-order valence-corrected chi connectivity index (χ2v) is 4.40. The fourth-order valence-corrected chi connectivity index (χ4v) is 1.97. The van der Waals surface area contributed by atoms with Crippen molar-refractivity contribution in [1.29, 1.82) is 0 Å². The Morgan fingerprint density at radius 2 is 1.59 bits per heavy atom. The molecular weight excluding hydrogens is 290 g/mol. The third-order valence-corrected chi connectivity index (χ3v) is 3.32. The lowest BCUT2D eigenvalue weighted by molar-refractivity contribution is 0.558. The van der Waals surface area contributed by atoms with E-state index in [9.17, 15) is 8.78 Å². The van der Waals surface area contributed by atoms with Crippen LogP contribution in [0, 0.1) is 11.8 Å². The van der Waals surface area contributed by atoms with E-state index in [1.54, 1.807) is 0 Å². The molecule has 1 heterocycles. The van der Waals surface area contributed by atoms with Gasteiger partial charge >= 0.3 is 0 Å². The molecule has 17 heavy (non-hydrogen) atoms. The third kappa shape index (κ3) is 2.37. The Bertz CT molecular complexity index is 544. The molecule has 88 valence electrons. The highest BCUT2D eigenvalue weighted by Gasteiger charge is 2.15. The summed E-state index contributed by atoms with van der Waals surface area (Å²) in [6.07, 6.45) is 1.04. The van der Waals surface area contributed by atoms with Gasteiger partial charge in [-0.25, -0.2) is 9.37 Å². The summed E-state index contributed by atoms with van der Waals surface area (Å²) in [6, 6.07) is 3.71. The molecule has 0 spiro atoms. The standard InChI is InChI=1S/C11H4Cl3F2N/c12-6-3-5(4-7(13)10(6)14)9-8(15)1-2-17-11(9)16/h1-4H. The summed E-state index contributed by atoms with van der Waals surface area (Å²) < 4.78 is 26.9. The van der Waals surface area contributed by atoms with Gasteiger partial charge in [0.05, 0.1) is 20.6 Å². The summed E-state index contributed by atoms with van der Waals surface area (Å²) in [5.74, 6) is -1.67. The molecule has 0 aliphatic rings. The second-order valence-electron chi connectivity index (χ2n) is 3.21. The molecule has 0 saturated carbocycles. The highest BCUT2D eigenvalue weighted by molar-refractivity contribution is 6.48. The van der Waals surface area contributed by atoms with Crippen molar-refractivity contribution in [2.75, 3.05) is 0 Å². The number of rotatable bonds is 1. The van der Waals surface area contributed by atoms with E-state index in [1.165, 1.54) is 12.1 Å². The lowest BCUT2D eigenvalue weighted by Crippen LogP contribution is -1.93. The van der Waals surface area contributed by atoms with E-state index in [4.69, 9.17) is 34.8 Å². The van der Waals surface area contributed by atoms with Gasteiger partial charge in [-0.15, -0.1) is 0 Å². The average molecular weight is 295 g/mol. The predicted octanol–water partition coefficient (Wildman–Crippen LogP) is 4.99. The fraction of sp³-hybridized carbons (Fsp3) is 0. The molecule has 0 atom stereocenters. The van der Waals surface area contributed by atoms with E-state index < -0.39 is 11.8 Å². The molecule has 1 aromatic heterocycles. The van der Waals surface area contributed by atoms with Crippen LogP contribution < -0.4 is 0 Å². The van der Waals surface area contributed by atoms with Crippen molar-refractivity contribution in [3.63, 3.8) is 0 Å². The molecule has 0 unspecified atom stereocenters. The van der Waals surface area contributed by atoms with Gasteiger partial charge in [-0.1, -0.05) is 34.8 Å². The minimum Gasteiger partial charge on any atom is -0.228 e. The van der Waals surface area contributed by atoms with Gasteiger partial charge in [-0.3, -0.25) is 0 Å². The topological polar surface area (TPSA) is 12.9 Å². The molecule has 0 amide bonds. The van der Waals surface area contributed by atoms with Crippen LogP contribution >= 0.6 is 34.8 Å². The Morgan fingerprint density at radius 3 is 2.12 bits per heavy atom. The maximum Gasteiger partial charge on any atom is 0.223 e. The highest BCUT2D eigenvalue weighted by atomic mass is 35.5. The van der Waals surface area contributed by atoms with Crippen LogP contribution in [0.4, 0.5) is 8.78 Å². The lowest BCUT2D eigenvalue weighted by atomic mass is 10.1. The zero-order chi connectivity index (χ0) is 12.6. The van der Waals surface area contributed by atoms with Crippen molar-refractivity contribution < 1.29 is 8.78 Å². The van der Waals surface area contributed by atoms with Crippen LogP contribution in [0.25, 0.3) is 11.1 Å². The second kappa shape index (κ2) is 4.77. The van der Waals surface area contributed by atoms with Crippen molar-refractivity contribution in [2.24, 2.45) is 0 Å². The van der Waals surface area contributed by atoms with E-state index in [1.807, 2.05) is 0 Å². The Labute approximate surface area is 111 Å². The zero-order valence-corrected chi connectivity index (χ0v) is 10.4. The molecule has 1 aromatic carbocycles. The molecule has 0 bridgehead atoms. The maximum absolute atomic E-state index is 13.5. The Hall–Kier alpha value is -0.900. The van der Waals surface area contributed by atoms with Crippen molar-refractivity contribution >= 4 is 34.8 Å². The Kier molecular flexibility index (Phi) is 3.52. The number of pyridine rings is 1. The molecule has 0 saturated heterocycles. The maximum atomic E-state index is 13.5. The van der Waals surface area contributed by atoms with Crippen LogP contribution in [-0.4, -0.2) is 4.98 Å². The molecule has 0 N–H and O–H groups in total. The summed E-state index contributed by atoms with van der Waals surface area (Å²) in [6.45, 7) is 0. The number of nitrogens with zero attached hydrogens (tertiary/aromatic N) is 1. The van der Waals surface area contributed by atoms with Crippen LogP contribution in [0.3, 0.4) is 0 Å². The number of aromatic nitrogens is 1. The van der Waals surface area contributed by atoms with E-state index in [-0.39, 0.29) is 26.2 Å². The predicted molar refractivity (Wildman–Crippen MR) is 64.6 cm³/mol. The number of hydrogen-bond acceptors (Lipinski definition) is 1. The smallest absolute Gasteiger partial charge is 0.223 e. The van der Waals surface area contributed by atoms with Crippen LogP contribution in [0.15, 0.2) is 24.4 Å². The van der Waals surface area contributed by atoms with Crippen LogP contribution in [0.2, 0.25) is 15.1 Å². The minimum atomic E-state index is -0.931. The van der Waals surface area contributed by atoms with Crippen LogP contribution in [0.5, 0.6) is 0 Å². The first-order valence-electron chi connectivity index (χ1n) is 4.45. The monoisotopic (exact) mass is 293 g/mol. The van der Waals surface area contributed by atoms with Gasteiger partial charge in [0.2, 0.25) is 5.95 Å². The SMILES string of the molecule is Fc1ccnc(F)c1-c1cc(Cl)c(Cl)c(Cl)c1. The van der Waals surface area contributed by atoms with Crippen molar-refractivity contribution in [3.05, 3.63) is 51.2 Å². The number of halogens is 5. The summed E-state index contributed by atoms with van der Waals surface area (Å²) in [5, 5.41) is 0.385. The number of benzene rings is 1. The van der Waals surface area contributed by atoms with E-state index >= 15 is 0 Å². The van der Waals surface area contributed by atoms with Gasteiger partial charge < -0.3 is 0 Å². The van der Waals surface area contributed by atoms with Crippen molar-refractivity contribution in [2.45, 2.75) is 0 Å². The molecule has 0 fully saturated rings. The first kappa shape index (κ1) is 12.6. The van der Waals surface area contributed by atoms with Gasteiger partial charge in [0.15, 0.2) is 0 Å². The van der Waals surface area contributed by atoms with Gasteiger partial charge in [0, 0.05) is 6.20 Å². The molecule has 1 nitrogen and oxygen atoms in total. The average Bonchev–Trinajstić information content (AvgIpc) is 2.25. The highest BCUT2D eigenvalue weighted by Crippen LogP contribution is 2.36. The minimum absolute atomic E-state index is 0.122. The van der Waals surface area contributed by atoms with E-state index in [2.05, 4.69) is 4.98 Å². The zero-order valence-electron chi connectivity index (χ0n) is 8.15. The van der Waals surface area contributed by atoms with Crippen LogP contribution in [-0.2, 0) is 0 Å². The largest absolute Gasteiger partial charge is 0.228 e. The molecule has 2 aromatic rings. The van der Waals surface area contributed by atoms with Gasteiger partial charge in [-0.2, -0.15) is 4.39 Å². The van der Waals surface area contributed by atoms with E-state index in [0.29, 0.717) is 0 Å². The molecule has 0 aliphatic carbocycles. The molecule has 2 rings (SSSR count). The lowest BCUT2D eigenvalue weighted by Gasteiger charge is -2.07. The van der Waals surface area contributed by atoms with Crippen molar-refractivity contribution in [3.8, 4) is 11.1 Å². The third-order valence-electron chi connectivity index (χ3n) is 2.13. The van der Waals surface area contributed by atoms with Crippen molar-refractivity contribution in [1.82, 2.24) is 4.98 Å². The summed E-state index contributed by atoms with van der Waals surface area (Å²) >= 11 is 17.3. The molecular formula is C11H4Cl3F2N. The summed E-state index contributed by atoms with van der Waals surface area (Å²) in [5.41, 5.74) is -0.0968. The van der Waals surface area contributed by atoms with Gasteiger partial charge in [0.1, 0.15) is 5.82 Å². The first-order valence-corrected chi connectivity index (χ1v) is 5.59. The Morgan fingerprint density at radius 1 is 1.00 bits per heavy atom. The normalized spacial score (nSPS) is 10.6. The first-order chi connectivity index (χ1) is 8.00. The number of hydrogen-bond donors (Lipinski definition) is 0. The molecule has 6 heteroatoms. The fourth-order valence-electron chi connectivity index (χ4n) is 1.37. The van der Waals surface area contributed by atoms with Gasteiger partial charge in [0.25, 0.3) is 0 Å². The quantitative estimate of drug-likeness (QED) is 0.533. The molecule has 0 radical (unpaired) electrons. The van der Waals surface area contributed by atoms with Gasteiger partial charge in [-0.05, 0) is 23.8 Å². The molecule has 0 aliphatic heterocycles. The Balaban J connectivity index is 2.69. The summed E-state index contributed by atoms with van der Waals surface area (Å²) in [4.78, 5) is 3.37. The van der Waals surface area contributed by atoms with E-state index in [0.717, 1.165) is 12.3 Å². The van der Waals surface area contributed by atoms with Crippen LogP contribution in [0.1, 0.15) is 0 Å².